The van der Waals surface area contributed by atoms with Crippen LogP contribution >= 0.6 is 0 Å². The lowest BCUT2D eigenvalue weighted by atomic mass is 10.1. The molecule has 1 heterocycles. The number of carbonyl (C=O) groups is 1. The zero-order valence-electron chi connectivity index (χ0n) is 12.3. The van der Waals surface area contributed by atoms with E-state index in [1.54, 1.807) is 30.7 Å². The number of pyridine rings is 1. The number of hydrazone groups is 1. The molecular weight excluding hydrogens is 250 g/mol. The van der Waals surface area contributed by atoms with Crippen molar-refractivity contribution in [3.63, 3.8) is 0 Å². The fraction of sp³-hybridized carbons (Fsp3) is 0.312. The van der Waals surface area contributed by atoms with Crippen molar-refractivity contribution in [3.05, 3.63) is 53.4 Å². The molecule has 0 aliphatic rings. The Morgan fingerprint density at radius 2 is 2.00 bits per heavy atom. The Morgan fingerprint density at radius 1 is 1.30 bits per heavy atom. The van der Waals surface area contributed by atoms with Crippen molar-refractivity contribution in [2.75, 3.05) is 0 Å². The largest absolute Gasteiger partial charge is 0.271 e. The summed E-state index contributed by atoms with van der Waals surface area (Å²) in [5.41, 5.74) is 5.57. The van der Waals surface area contributed by atoms with E-state index in [9.17, 15) is 4.79 Å². The van der Waals surface area contributed by atoms with Crippen LogP contribution in [0.25, 0.3) is 0 Å². The third-order valence-electron chi connectivity index (χ3n) is 2.63. The normalized spacial score (nSPS) is 11.4. The minimum Gasteiger partial charge on any atom is -0.267 e. The number of nitrogens with zero attached hydrogens (tertiary/aromatic N) is 2. The molecule has 4 heteroatoms. The molecule has 0 aliphatic heterocycles. The Morgan fingerprint density at radius 3 is 2.65 bits per heavy atom. The molecule has 0 fully saturated rings. The summed E-state index contributed by atoms with van der Waals surface area (Å²) in [4.78, 5) is 15.5. The van der Waals surface area contributed by atoms with Crippen molar-refractivity contribution in [3.8, 4) is 0 Å². The molecule has 1 amide bonds. The van der Waals surface area contributed by atoms with Crippen LogP contribution in [-0.4, -0.2) is 17.1 Å². The molecule has 4 nitrogen and oxygen atoms in total. The molecular formula is C16H21N3O. The number of amides is 1. The lowest BCUT2D eigenvalue weighted by Crippen LogP contribution is -2.17. The number of aromatic nitrogens is 1. The van der Waals surface area contributed by atoms with Crippen LogP contribution in [0.4, 0.5) is 0 Å². The molecule has 106 valence electrons. The fourth-order valence-electron chi connectivity index (χ4n) is 1.50. The summed E-state index contributed by atoms with van der Waals surface area (Å²) in [5.74, 6) is -0.237. The van der Waals surface area contributed by atoms with Gasteiger partial charge in [-0.25, -0.2) is 5.43 Å². The summed E-state index contributed by atoms with van der Waals surface area (Å²) in [6.45, 7) is 6.24. The number of hydrogen-bond acceptors (Lipinski definition) is 3. The van der Waals surface area contributed by atoms with E-state index < -0.39 is 0 Å². The summed E-state index contributed by atoms with van der Waals surface area (Å²) in [6, 6.07) is 3.29. The Labute approximate surface area is 120 Å². The van der Waals surface area contributed by atoms with Crippen LogP contribution in [-0.2, 0) is 0 Å². The first kappa shape index (κ1) is 15.8. The van der Waals surface area contributed by atoms with Gasteiger partial charge in [0.15, 0.2) is 0 Å². The number of rotatable bonds is 6. The molecule has 1 aromatic heterocycles. The first-order valence-electron chi connectivity index (χ1n) is 6.62. The smallest absolute Gasteiger partial charge is 0.267 e. The van der Waals surface area contributed by atoms with E-state index in [1.807, 2.05) is 6.08 Å². The van der Waals surface area contributed by atoms with E-state index in [-0.39, 0.29) is 5.91 Å². The standard InChI is InChI=1S/C16H21N3O/c1-13(2)5-4-6-14(3)7-12-18-19-16(20)15-8-10-17-11-9-15/h5,7-12H,4,6H2,1-3H3,(H,19,20)/b14-7-,18-12-. The molecule has 0 aromatic carbocycles. The van der Waals surface area contributed by atoms with Crippen molar-refractivity contribution in [2.24, 2.45) is 5.10 Å². The highest BCUT2D eigenvalue weighted by Crippen LogP contribution is 2.05. The van der Waals surface area contributed by atoms with Crippen LogP contribution in [0.3, 0.4) is 0 Å². The van der Waals surface area contributed by atoms with Crippen molar-refractivity contribution >= 4 is 12.1 Å². The van der Waals surface area contributed by atoms with Crippen molar-refractivity contribution < 1.29 is 4.79 Å². The van der Waals surface area contributed by atoms with Gasteiger partial charge in [-0.15, -0.1) is 0 Å². The van der Waals surface area contributed by atoms with Gasteiger partial charge in [0.05, 0.1) is 0 Å². The summed E-state index contributed by atoms with van der Waals surface area (Å²) in [7, 11) is 0. The lowest BCUT2D eigenvalue weighted by Gasteiger charge is -1.98. The molecule has 1 aromatic rings. The van der Waals surface area contributed by atoms with Gasteiger partial charge >= 0.3 is 0 Å². The number of hydrogen-bond donors (Lipinski definition) is 1. The van der Waals surface area contributed by atoms with E-state index >= 15 is 0 Å². The van der Waals surface area contributed by atoms with Gasteiger partial charge in [-0.2, -0.15) is 5.10 Å². The average molecular weight is 271 g/mol. The van der Waals surface area contributed by atoms with Crippen LogP contribution in [0.2, 0.25) is 0 Å². The number of nitrogens with one attached hydrogen (secondary N) is 1. The summed E-state index contributed by atoms with van der Waals surface area (Å²) in [5, 5.41) is 3.89. The predicted molar refractivity (Wildman–Crippen MR) is 82.6 cm³/mol. The van der Waals surface area contributed by atoms with E-state index in [4.69, 9.17) is 0 Å². The van der Waals surface area contributed by atoms with Crippen LogP contribution in [0, 0.1) is 0 Å². The molecule has 1 N–H and O–H groups in total. The molecule has 0 atom stereocenters. The Bertz CT molecular complexity index is 512. The minimum atomic E-state index is -0.237. The van der Waals surface area contributed by atoms with Crippen LogP contribution in [0.1, 0.15) is 44.0 Å². The maximum Gasteiger partial charge on any atom is 0.271 e. The molecule has 0 saturated heterocycles. The molecule has 20 heavy (non-hydrogen) atoms. The van der Waals surface area contributed by atoms with Gasteiger partial charge in [0.2, 0.25) is 0 Å². The zero-order chi connectivity index (χ0) is 14.8. The van der Waals surface area contributed by atoms with Gasteiger partial charge in [0.1, 0.15) is 0 Å². The van der Waals surface area contributed by atoms with Crippen LogP contribution < -0.4 is 5.43 Å². The number of allylic oxidation sites excluding steroid dienone is 4. The van der Waals surface area contributed by atoms with Crippen LogP contribution in [0.15, 0.2) is 52.9 Å². The molecule has 0 aliphatic carbocycles. The van der Waals surface area contributed by atoms with Gasteiger partial charge in [-0.3, -0.25) is 9.78 Å². The Hall–Kier alpha value is -2.23. The van der Waals surface area contributed by atoms with E-state index in [0.717, 1.165) is 12.8 Å². The maximum absolute atomic E-state index is 11.7. The SMILES string of the molecule is CC(C)=CCC/C(C)=C\C=N/NC(=O)c1ccncc1. The fourth-order valence-corrected chi connectivity index (χ4v) is 1.50. The highest BCUT2D eigenvalue weighted by atomic mass is 16.2. The second kappa shape index (κ2) is 8.80. The first-order chi connectivity index (χ1) is 9.59. The van der Waals surface area contributed by atoms with Crippen molar-refractivity contribution in [1.82, 2.24) is 10.4 Å². The third-order valence-corrected chi connectivity index (χ3v) is 2.63. The van der Waals surface area contributed by atoms with Gasteiger partial charge in [-0.05, 0) is 51.8 Å². The Kier molecular flexibility index (Phi) is 6.96. The Balaban J connectivity index is 2.37. The summed E-state index contributed by atoms with van der Waals surface area (Å²) in [6.07, 6.45) is 10.9. The maximum atomic E-state index is 11.7. The molecule has 0 unspecified atom stereocenters. The minimum absolute atomic E-state index is 0.237. The molecule has 0 saturated carbocycles. The van der Waals surface area contributed by atoms with Gasteiger partial charge in [-0.1, -0.05) is 17.2 Å². The monoisotopic (exact) mass is 271 g/mol. The van der Waals surface area contributed by atoms with Gasteiger partial charge in [0, 0.05) is 24.2 Å². The number of carbonyl (C=O) groups excluding carboxylic acids is 1. The van der Waals surface area contributed by atoms with Gasteiger partial charge in [0.25, 0.3) is 5.91 Å². The summed E-state index contributed by atoms with van der Waals surface area (Å²) >= 11 is 0. The van der Waals surface area contributed by atoms with E-state index in [1.165, 1.54) is 11.1 Å². The van der Waals surface area contributed by atoms with Crippen molar-refractivity contribution in [1.29, 1.82) is 0 Å². The van der Waals surface area contributed by atoms with E-state index in [2.05, 4.69) is 42.4 Å². The topological polar surface area (TPSA) is 54.4 Å². The molecule has 0 bridgehead atoms. The molecule has 0 radical (unpaired) electrons. The third kappa shape index (κ3) is 6.64. The summed E-state index contributed by atoms with van der Waals surface area (Å²) < 4.78 is 0. The average Bonchev–Trinajstić information content (AvgIpc) is 2.44. The highest BCUT2D eigenvalue weighted by molar-refractivity contribution is 5.94. The quantitative estimate of drug-likeness (QED) is 0.489. The second-order valence-electron chi connectivity index (χ2n) is 4.79. The highest BCUT2D eigenvalue weighted by Gasteiger charge is 2.01. The predicted octanol–water partition coefficient (Wildman–Crippen LogP) is 3.49. The molecule has 0 spiro atoms. The van der Waals surface area contributed by atoms with Crippen LogP contribution in [0.5, 0.6) is 0 Å². The van der Waals surface area contributed by atoms with E-state index in [0.29, 0.717) is 5.56 Å². The van der Waals surface area contributed by atoms with Crippen molar-refractivity contribution in [2.45, 2.75) is 33.6 Å². The second-order valence-corrected chi connectivity index (χ2v) is 4.79. The lowest BCUT2D eigenvalue weighted by molar-refractivity contribution is 0.0955. The van der Waals surface area contributed by atoms with Gasteiger partial charge < -0.3 is 0 Å². The molecule has 1 rings (SSSR count). The zero-order valence-corrected chi connectivity index (χ0v) is 12.3. The first-order valence-corrected chi connectivity index (χ1v) is 6.62.